The zero-order valence-corrected chi connectivity index (χ0v) is 19.9. The Morgan fingerprint density at radius 1 is 1.17 bits per heavy atom. The number of fused-ring (bicyclic) bond motifs is 3. The van der Waals surface area contributed by atoms with Gasteiger partial charge < -0.3 is 20.5 Å². The number of halogens is 3. The fourth-order valence-electron chi connectivity index (χ4n) is 4.45. The van der Waals surface area contributed by atoms with Crippen molar-refractivity contribution in [3.8, 4) is 0 Å². The Labute approximate surface area is 205 Å². The average Bonchev–Trinajstić information content (AvgIpc) is 3.30. The molecule has 36 heavy (non-hydrogen) atoms. The number of aryl methyl sites for hydroxylation is 2. The Kier molecular flexibility index (Phi) is 5.57. The molecule has 2 aliphatic heterocycles. The van der Waals surface area contributed by atoms with Gasteiger partial charge in [0.1, 0.15) is 23.3 Å². The summed E-state index contributed by atoms with van der Waals surface area (Å²) < 4.78 is 41.6. The lowest BCUT2D eigenvalue weighted by atomic mass is 9.98. The van der Waals surface area contributed by atoms with E-state index in [0.29, 0.717) is 41.7 Å². The topological polar surface area (TPSA) is 101 Å². The molecule has 186 valence electrons. The van der Waals surface area contributed by atoms with Crippen molar-refractivity contribution in [3.63, 3.8) is 0 Å². The number of nitrogens with two attached hydrogens (primary N) is 1. The molecule has 2 aromatic heterocycles. The maximum atomic E-state index is 13.4. The van der Waals surface area contributed by atoms with E-state index < -0.39 is 17.8 Å². The van der Waals surface area contributed by atoms with Gasteiger partial charge in [0.15, 0.2) is 0 Å². The Balaban J connectivity index is 1.60. The highest BCUT2D eigenvalue weighted by atomic mass is 19.4. The zero-order chi connectivity index (χ0) is 25.8. The van der Waals surface area contributed by atoms with E-state index in [0.717, 1.165) is 29.1 Å². The number of nitrogen functional groups attached to an aromatic ring is 1. The van der Waals surface area contributed by atoms with Gasteiger partial charge in [0.25, 0.3) is 0 Å². The summed E-state index contributed by atoms with van der Waals surface area (Å²) >= 11 is 0. The molecule has 0 bridgehead atoms. The van der Waals surface area contributed by atoms with Gasteiger partial charge in [0, 0.05) is 42.7 Å². The molecular weight excluding hydrogens is 471 g/mol. The maximum Gasteiger partial charge on any atom is 0.416 e. The maximum absolute atomic E-state index is 13.4. The monoisotopic (exact) mass is 495 g/mol. The SMILES string of the molecule is Cc1nc(N[C@H](C)c2cc(N)cc(C(F)(F)F)c2)c2c(n1)N1CCN=C1C(c1ccc(=O)n(C)c1)=C2. The predicted molar refractivity (Wildman–Crippen MR) is 134 cm³/mol. The second-order valence-electron chi connectivity index (χ2n) is 8.89. The van der Waals surface area contributed by atoms with Crippen LogP contribution in [0.3, 0.4) is 0 Å². The van der Waals surface area contributed by atoms with E-state index >= 15 is 0 Å². The summed E-state index contributed by atoms with van der Waals surface area (Å²) in [5.41, 5.74) is 7.57. The van der Waals surface area contributed by atoms with E-state index in [4.69, 9.17) is 5.73 Å². The molecule has 0 radical (unpaired) electrons. The van der Waals surface area contributed by atoms with Gasteiger partial charge in [0.2, 0.25) is 5.56 Å². The van der Waals surface area contributed by atoms with Crippen LogP contribution in [-0.2, 0) is 13.2 Å². The zero-order valence-electron chi connectivity index (χ0n) is 19.9. The van der Waals surface area contributed by atoms with E-state index in [9.17, 15) is 18.0 Å². The lowest BCUT2D eigenvalue weighted by Gasteiger charge is -2.29. The number of alkyl halides is 3. The molecule has 2 aliphatic rings. The largest absolute Gasteiger partial charge is 0.416 e. The standard InChI is InChI=1S/C25H24F3N7O/c1-13(16-8-17(25(26,27)28)10-18(29)9-16)31-22-20-11-19(15-4-5-21(36)34(3)12-15)23-30-6-7-35(23)24(20)33-14(2)32-22/h4-5,8-13H,6-7,29H2,1-3H3,(H,31,32,33)/t13-/m1/s1. The van der Waals surface area contributed by atoms with Crippen LogP contribution in [-0.4, -0.2) is 33.5 Å². The summed E-state index contributed by atoms with van der Waals surface area (Å²) in [5.74, 6) is 2.42. The highest BCUT2D eigenvalue weighted by molar-refractivity contribution is 6.36. The number of benzene rings is 1. The predicted octanol–water partition coefficient (Wildman–Crippen LogP) is 4.03. The number of amidine groups is 1. The molecule has 0 saturated carbocycles. The first-order valence-electron chi connectivity index (χ1n) is 11.3. The number of nitrogens with one attached hydrogen (secondary N) is 1. The first-order valence-corrected chi connectivity index (χ1v) is 11.3. The average molecular weight is 496 g/mol. The fraction of sp³-hybridized carbons (Fsp3) is 0.280. The summed E-state index contributed by atoms with van der Waals surface area (Å²) in [4.78, 5) is 27.8. The van der Waals surface area contributed by atoms with Crippen molar-refractivity contribution in [1.82, 2.24) is 14.5 Å². The third-order valence-corrected chi connectivity index (χ3v) is 6.22. The number of aromatic nitrogens is 3. The number of pyridine rings is 1. The van der Waals surface area contributed by atoms with Gasteiger partial charge in [-0.1, -0.05) is 0 Å². The molecular formula is C25H24F3N7O. The first-order chi connectivity index (χ1) is 17.0. The van der Waals surface area contributed by atoms with Crippen LogP contribution in [0.25, 0.3) is 11.6 Å². The summed E-state index contributed by atoms with van der Waals surface area (Å²) in [6.45, 7) is 4.73. The second kappa shape index (κ2) is 8.51. The smallest absolute Gasteiger partial charge is 0.399 e. The number of anilines is 3. The molecule has 0 saturated heterocycles. The van der Waals surface area contributed by atoms with Crippen LogP contribution in [0.5, 0.6) is 0 Å². The number of hydrogen-bond donors (Lipinski definition) is 2. The molecule has 1 atom stereocenters. The minimum atomic E-state index is -4.51. The summed E-state index contributed by atoms with van der Waals surface area (Å²) in [6, 6.07) is 6.24. The van der Waals surface area contributed by atoms with Crippen molar-refractivity contribution in [3.05, 3.63) is 75.0 Å². The van der Waals surface area contributed by atoms with Crippen LogP contribution >= 0.6 is 0 Å². The fourth-order valence-corrected chi connectivity index (χ4v) is 4.45. The van der Waals surface area contributed by atoms with Gasteiger partial charge in [-0.2, -0.15) is 13.2 Å². The van der Waals surface area contributed by atoms with Crippen molar-refractivity contribution in [2.75, 3.05) is 29.0 Å². The van der Waals surface area contributed by atoms with Crippen molar-refractivity contribution < 1.29 is 13.2 Å². The molecule has 8 nitrogen and oxygen atoms in total. The molecule has 0 fully saturated rings. The molecule has 0 spiro atoms. The van der Waals surface area contributed by atoms with Crippen molar-refractivity contribution in [2.24, 2.45) is 12.0 Å². The molecule has 0 amide bonds. The van der Waals surface area contributed by atoms with E-state index in [-0.39, 0.29) is 11.2 Å². The summed E-state index contributed by atoms with van der Waals surface area (Å²) in [7, 11) is 1.68. The lowest BCUT2D eigenvalue weighted by molar-refractivity contribution is -0.137. The molecule has 0 aliphatic carbocycles. The van der Waals surface area contributed by atoms with Crippen LogP contribution < -0.4 is 21.5 Å². The van der Waals surface area contributed by atoms with Crippen LogP contribution in [0.2, 0.25) is 0 Å². The second-order valence-corrected chi connectivity index (χ2v) is 8.89. The Morgan fingerprint density at radius 3 is 2.67 bits per heavy atom. The van der Waals surface area contributed by atoms with E-state index in [2.05, 4.69) is 20.3 Å². The van der Waals surface area contributed by atoms with E-state index in [1.165, 1.54) is 16.7 Å². The highest BCUT2D eigenvalue weighted by Gasteiger charge is 2.33. The molecule has 4 heterocycles. The number of hydrogen-bond acceptors (Lipinski definition) is 7. The molecule has 11 heteroatoms. The quantitative estimate of drug-likeness (QED) is 0.530. The minimum Gasteiger partial charge on any atom is -0.399 e. The Hall–Kier alpha value is -4.15. The van der Waals surface area contributed by atoms with Crippen molar-refractivity contribution in [2.45, 2.75) is 26.1 Å². The first kappa shape index (κ1) is 23.6. The third-order valence-electron chi connectivity index (χ3n) is 6.22. The van der Waals surface area contributed by atoms with Crippen molar-refractivity contribution in [1.29, 1.82) is 0 Å². The molecule has 3 N–H and O–H groups in total. The Bertz CT molecular complexity index is 1490. The van der Waals surface area contributed by atoms with Gasteiger partial charge in [-0.05, 0) is 49.8 Å². The van der Waals surface area contributed by atoms with E-state index in [1.54, 1.807) is 33.2 Å². The van der Waals surface area contributed by atoms with Gasteiger partial charge >= 0.3 is 6.18 Å². The lowest BCUT2D eigenvalue weighted by Crippen LogP contribution is -2.33. The van der Waals surface area contributed by atoms with Gasteiger partial charge in [-0.3, -0.25) is 9.79 Å². The van der Waals surface area contributed by atoms with Crippen LogP contribution in [0.4, 0.5) is 30.5 Å². The van der Waals surface area contributed by atoms with Gasteiger partial charge in [-0.15, -0.1) is 0 Å². The van der Waals surface area contributed by atoms with Crippen molar-refractivity contribution >= 4 is 34.8 Å². The normalized spacial score (nSPS) is 15.7. The molecule has 1 aromatic carbocycles. The van der Waals surface area contributed by atoms with Gasteiger partial charge in [-0.25, -0.2) is 9.97 Å². The van der Waals surface area contributed by atoms with Crippen LogP contribution in [0.15, 0.2) is 46.3 Å². The Morgan fingerprint density at radius 2 is 1.94 bits per heavy atom. The summed E-state index contributed by atoms with van der Waals surface area (Å²) in [6.07, 6.45) is -0.855. The number of nitrogens with zero attached hydrogens (tertiary/aromatic N) is 5. The number of rotatable bonds is 4. The van der Waals surface area contributed by atoms with Crippen LogP contribution in [0, 0.1) is 6.92 Å². The highest BCUT2D eigenvalue weighted by Crippen LogP contribution is 2.39. The molecule has 0 unspecified atom stereocenters. The van der Waals surface area contributed by atoms with E-state index in [1.807, 2.05) is 11.0 Å². The molecule has 3 aromatic rings. The van der Waals surface area contributed by atoms with Gasteiger partial charge in [0.05, 0.1) is 23.7 Å². The molecule has 5 rings (SSSR count). The third kappa shape index (κ3) is 4.21. The van der Waals surface area contributed by atoms with Crippen LogP contribution in [0.1, 0.15) is 41.0 Å². The minimum absolute atomic E-state index is 0.0316. The number of aliphatic imine (C=N–C) groups is 1. The summed E-state index contributed by atoms with van der Waals surface area (Å²) in [5, 5.41) is 3.27.